The highest BCUT2D eigenvalue weighted by Gasteiger charge is 2.08. The average molecular weight is 296 g/mol. The van der Waals surface area contributed by atoms with Crippen LogP contribution in [-0.4, -0.2) is 34.0 Å². The van der Waals surface area contributed by atoms with Gasteiger partial charge in [0, 0.05) is 17.1 Å². The molecule has 0 aliphatic heterocycles. The van der Waals surface area contributed by atoms with Crippen molar-refractivity contribution in [2.75, 3.05) is 18.2 Å². The van der Waals surface area contributed by atoms with E-state index in [9.17, 15) is 9.18 Å². The van der Waals surface area contributed by atoms with Crippen molar-refractivity contribution in [1.29, 1.82) is 0 Å². The van der Waals surface area contributed by atoms with Gasteiger partial charge in [0.25, 0.3) is 0 Å². The van der Waals surface area contributed by atoms with E-state index in [1.54, 1.807) is 18.2 Å². The summed E-state index contributed by atoms with van der Waals surface area (Å²) in [6, 6.07) is 6.61. The Morgan fingerprint density at radius 1 is 1.50 bits per heavy atom. The quantitative estimate of drug-likeness (QED) is 0.798. The van der Waals surface area contributed by atoms with Crippen LogP contribution in [0.3, 0.4) is 0 Å². The first-order valence-corrected chi connectivity index (χ1v) is 6.81. The number of rotatable bonds is 6. The van der Waals surface area contributed by atoms with E-state index in [0.717, 1.165) is 0 Å². The Morgan fingerprint density at radius 2 is 2.30 bits per heavy atom. The van der Waals surface area contributed by atoms with Gasteiger partial charge >= 0.3 is 6.01 Å². The van der Waals surface area contributed by atoms with Crippen molar-refractivity contribution in [3.63, 3.8) is 0 Å². The summed E-state index contributed by atoms with van der Waals surface area (Å²) in [5, 5.41) is 8.76. The van der Waals surface area contributed by atoms with Crippen molar-refractivity contribution >= 4 is 23.6 Å². The van der Waals surface area contributed by atoms with Gasteiger partial charge in [-0.25, -0.2) is 9.49 Å². The number of anilines is 1. The number of nitrogens with one attached hydrogen (secondary N) is 2. The van der Waals surface area contributed by atoms with Gasteiger partial charge in [0.1, 0.15) is 5.82 Å². The molecule has 2 rings (SSSR count). The zero-order valence-electron chi connectivity index (χ0n) is 10.7. The Kier molecular flexibility index (Phi) is 4.94. The number of H-pyrrole nitrogens is 1. The number of aromatic nitrogens is 3. The molecule has 8 heteroatoms. The summed E-state index contributed by atoms with van der Waals surface area (Å²) in [5.41, 5.74) is 0. The first-order chi connectivity index (χ1) is 9.69. The van der Waals surface area contributed by atoms with Gasteiger partial charge in [0.2, 0.25) is 11.9 Å². The number of carbonyl (C=O) groups is 1. The van der Waals surface area contributed by atoms with E-state index in [0.29, 0.717) is 10.6 Å². The van der Waals surface area contributed by atoms with Crippen molar-refractivity contribution in [2.24, 2.45) is 0 Å². The zero-order valence-corrected chi connectivity index (χ0v) is 11.5. The fourth-order valence-electron chi connectivity index (χ4n) is 1.40. The van der Waals surface area contributed by atoms with Crippen LogP contribution in [0.4, 0.5) is 10.3 Å². The number of halogens is 1. The second-order valence-corrected chi connectivity index (χ2v) is 4.88. The molecule has 0 unspecified atom stereocenters. The number of amides is 1. The largest absolute Gasteiger partial charge is 0.466 e. The summed E-state index contributed by atoms with van der Waals surface area (Å²) in [6.45, 7) is 0. The highest BCUT2D eigenvalue weighted by Crippen LogP contribution is 2.21. The van der Waals surface area contributed by atoms with Crippen LogP contribution >= 0.6 is 11.8 Å². The molecule has 0 aliphatic carbocycles. The molecular weight excluding hydrogens is 283 g/mol. The summed E-state index contributed by atoms with van der Waals surface area (Å²) in [4.78, 5) is 16.0. The number of aromatic amines is 1. The third-order valence-corrected chi connectivity index (χ3v) is 3.38. The zero-order chi connectivity index (χ0) is 14.4. The van der Waals surface area contributed by atoms with Gasteiger partial charge < -0.3 is 4.74 Å². The van der Waals surface area contributed by atoms with E-state index >= 15 is 0 Å². The van der Waals surface area contributed by atoms with Crippen molar-refractivity contribution < 1.29 is 13.9 Å². The molecule has 6 nitrogen and oxygen atoms in total. The SMILES string of the molecule is COc1n[nH]c(NC(=O)CCSc2ccccc2F)n1. The van der Waals surface area contributed by atoms with Crippen molar-refractivity contribution in [3.05, 3.63) is 30.1 Å². The van der Waals surface area contributed by atoms with E-state index in [1.165, 1.54) is 24.9 Å². The molecule has 0 fully saturated rings. The molecule has 0 aliphatic rings. The van der Waals surface area contributed by atoms with Crippen LogP contribution in [0.15, 0.2) is 29.2 Å². The second kappa shape index (κ2) is 6.90. The molecule has 20 heavy (non-hydrogen) atoms. The molecule has 0 bridgehead atoms. The second-order valence-electron chi connectivity index (χ2n) is 3.75. The van der Waals surface area contributed by atoms with Gasteiger partial charge in [-0.1, -0.05) is 12.1 Å². The Bertz CT molecular complexity index is 590. The normalized spacial score (nSPS) is 10.3. The molecule has 0 saturated heterocycles. The molecule has 1 aromatic carbocycles. The Balaban J connectivity index is 1.77. The van der Waals surface area contributed by atoms with Gasteiger partial charge in [-0.05, 0) is 12.1 Å². The van der Waals surface area contributed by atoms with Crippen LogP contribution in [0.1, 0.15) is 6.42 Å². The lowest BCUT2D eigenvalue weighted by Crippen LogP contribution is -2.13. The number of hydrogen-bond acceptors (Lipinski definition) is 5. The lowest BCUT2D eigenvalue weighted by molar-refractivity contribution is -0.115. The molecule has 0 radical (unpaired) electrons. The standard InChI is InChI=1S/C12H13FN4O2S/c1-19-12-15-11(16-17-12)14-10(18)6-7-20-9-5-3-2-4-8(9)13/h2-5H,6-7H2,1H3,(H2,14,15,16,17,18). The third kappa shape index (κ3) is 3.95. The smallest absolute Gasteiger partial charge is 0.336 e. The molecule has 1 amide bonds. The Morgan fingerprint density at radius 3 is 3.00 bits per heavy atom. The van der Waals surface area contributed by atoms with Crippen LogP contribution in [0.25, 0.3) is 0 Å². The maximum atomic E-state index is 13.3. The Labute approximate surface area is 119 Å². The van der Waals surface area contributed by atoms with Gasteiger partial charge in [-0.15, -0.1) is 16.9 Å². The van der Waals surface area contributed by atoms with Crippen molar-refractivity contribution in [1.82, 2.24) is 15.2 Å². The number of thioether (sulfide) groups is 1. The molecule has 1 heterocycles. The van der Waals surface area contributed by atoms with E-state index < -0.39 is 0 Å². The van der Waals surface area contributed by atoms with Crippen LogP contribution in [-0.2, 0) is 4.79 Å². The lowest BCUT2D eigenvalue weighted by atomic mass is 10.3. The van der Waals surface area contributed by atoms with E-state index in [1.807, 2.05) is 0 Å². The number of ether oxygens (including phenoxy) is 1. The topological polar surface area (TPSA) is 79.9 Å². The predicted molar refractivity (Wildman–Crippen MR) is 73.3 cm³/mol. The number of hydrogen-bond donors (Lipinski definition) is 2. The third-order valence-electron chi connectivity index (χ3n) is 2.33. The van der Waals surface area contributed by atoms with Crippen LogP contribution in [0.2, 0.25) is 0 Å². The van der Waals surface area contributed by atoms with Gasteiger partial charge in [0.15, 0.2) is 0 Å². The number of nitrogens with zero attached hydrogens (tertiary/aromatic N) is 2. The van der Waals surface area contributed by atoms with Gasteiger partial charge in [-0.3, -0.25) is 10.1 Å². The molecule has 2 aromatic rings. The number of methoxy groups -OCH3 is 1. The summed E-state index contributed by atoms with van der Waals surface area (Å²) < 4.78 is 18.1. The number of carbonyl (C=O) groups excluding carboxylic acids is 1. The first kappa shape index (κ1) is 14.3. The molecular formula is C12H13FN4O2S. The minimum Gasteiger partial charge on any atom is -0.466 e. The summed E-state index contributed by atoms with van der Waals surface area (Å²) in [5.74, 6) is 0.186. The van der Waals surface area contributed by atoms with E-state index in [-0.39, 0.29) is 30.1 Å². The summed E-state index contributed by atoms with van der Waals surface area (Å²) in [6.07, 6.45) is 0.238. The molecule has 0 saturated carbocycles. The van der Waals surface area contributed by atoms with Crippen LogP contribution < -0.4 is 10.1 Å². The molecule has 0 atom stereocenters. The van der Waals surface area contributed by atoms with E-state index in [4.69, 9.17) is 4.74 Å². The minimum absolute atomic E-state index is 0.154. The van der Waals surface area contributed by atoms with Crippen LogP contribution in [0, 0.1) is 5.82 Å². The Hall–Kier alpha value is -2.09. The maximum Gasteiger partial charge on any atom is 0.336 e. The summed E-state index contributed by atoms with van der Waals surface area (Å²) >= 11 is 1.29. The van der Waals surface area contributed by atoms with Gasteiger partial charge in [0.05, 0.1) is 7.11 Å². The average Bonchev–Trinajstić information content (AvgIpc) is 2.88. The first-order valence-electron chi connectivity index (χ1n) is 5.82. The minimum atomic E-state index is -0.280. The monoisotopic (exact) mass is 296 g/mol. The molecule has 0 spiro atoms. The van der Waals surface area contributed by atoms with Gasteiger partial charge in [-0.2, -0.15) is 4.98 Å². The van der Waals surface area contributed by atoms with Crippen molar-refractivity contribution in [3.8, 4) is 6.01 Å². The molecule has 1 aromatic heterocycles. The summed E-state index contributed by atoms with van der Waals surface area (Å²) in [7, 11) is 1.43. The molecule has 2 N–H and O–H groups in total. The van der Waals surface area contributed by atoms with E-state index in [2.05, 4.69) is 20.5 Å². The highest BCUT2D eigenvalue weighted by molar-refractivity contribution is 7.99. The lowest BCUT2D eigenvalue weighted by Gasteiger charge is -2.03. The van der Waals surface area contributed by atoms with Crippen LogP contribution in [0.5, 0.6) is 6.01 Å². The predicted octanol–water partition coefficient (Wildman–Crippen LogP) is 2.07. The number of benzene rings is 1. The fourth-order valence-corrected chi connectivity index (χ4v) is 2.29. The maximum absolute atomic E-state index is 13.3. The van der Waals surface area contributed by atoms with Crippen molar-refractivity contribution in [2.45, 2.75) is 11.3 Å². The highest BCUT2D eigenvalue weighted by atomic mass is 32.2. The fraction of sp³-hybridized carbons (Fsp3) is 0.250. The molecule has 106 valence electrons.